The van der Waals surface area contributed by atoms with Crippen molar-refractivity contribution in [3.63, 3.8) is 0 Å². The van der Waals surface area contributed by atoms with Gasteiger partial charge in [0.1, 0.15) is 22.1 Å². The van der Waals surface area contributed by atoms with Gasteiger partial charge in [-0.15, -0.1) is 22.7 Å². The normalized spacial score (nSPS) is 11.0. The van der Waals surface area contributed by atoms with E-state index in [0.717, 1.165) is 10.0 Å². The Hall–Kier alpha value is -2.30. The Labute approximate surface area is 149 Å². The molecule has 8 nitrogen and oxygen atoms in total. The third kappa shape index (κ3) is 3.30. The minimum atomic E-state index is 0.113. The van der Waals surface area contributed by atoms with Crippen LogP contribution in [0.25, 0.3) is 11.2 Å². The Morgan fingerprint density at radius 2 is 1.88 bits per heavy atom. The molecular formula is C13H10ClN7OS2. The highest BCUT2D eigenvalue weighted by atomic mass is 35.5. The lowest BCUT2D eigenvalue weighted by Gasteiger charge is -2.04. The molecule has 0 amide bonds. The highest BCUT2D eigenvalue weighted by Crippen LogP contribution is 2.24. The molecule has 0 radical (unpaired) electrons. The first-order valence-electron chi connectivity index (χ1n) is 6.84. The lowest BCUT2D eigenvalue weighted by atomic mass is 10.5. The summed E-state index contributed by atoms with van der Waals surface area (Å²) in [6.45, 7) is 0.870. The SMILES string of the molecule is Clc1nc(NCc2nccs2)c2[nH]c(OCc3nccs3)nc2n1. The maximum Gasteiger partial charge on any atom is 0.296 e. The first-order chi connectivity index (χ1) is 11.8. The second-order valence-electron chi connectivity index (χ2n) is 4.58. The van der Waals surface area contributed by atoms with Gasteiger partial charge in [-0.2, -0.15) is 15.0 Å². The maximum absolute atomic E-state index is 5.97. The van der Waals surface area contributed by atoms with Crippen LogP contribution in [0.15, 0.2) is 23.2 Å². The topological polar surface area (TPSA) is 102 Å². The Kier molecular flexibility index (Phi) is 4.24. The summed E-state index contributed by atoms with van der Waals surface area (Å²) in [6, 6.07) is 0.342. The van der Waals surface area contributed by atoms with Gasteiger partial charge >= 0.3 is 0 Å². The summed E-state index contributed by atoms with van der Waals surface area (Å²) in [4.78, 5) is 24.1. The molecule has 0 saturated heterocycles. The van der Waals surface area contributed by atoms with Crippen LogP contribution < -0.4 is 10.1 Å². The summed E-state index contributed by atoms with van der Waals surface area (Å²) >= 11 is 9.05. The molecule has 0 saturated carbocycles. The molecule has 11 heteroatoms. The summed E-state index contributed by atoms with van der Waals surface area (Å²) in [5, 5.41) is 8.92. The van der Waals surface area contributed by atoms with Crippen molar-refractivity contribution in [2.24, 2.45) is 0 Å². The second-order valence-corrected chi connectivity index (χ2v) is 6.87. The number of nitrogens with one attached hydrogen (secondary N) is 2. The van der Waals surface area contributed by atoms with E-state index in [1.807, 2.05) is 10.8 Å². The number of halogens is 1. The Morgan fingerprint density at radius 3 is 2.62 bits per heavy atom. The second kappa shape index (κ2) is 6.67. The van der Waals surface area contributed by atoms with Gasteiger partial charge in [-0.1, -0.05) is 0 Å². The molecule has 0 aromatic carbocycles. The third-order valence-corrected chi connectivity index (χ3v) is 4.71. The minimum Gasteiger partial charge on any atom is -0.457 e. The predicted octanol–water partition coefficient (Wildman–Crippen LogP) is 3.11. The van der Waals surface area contributed by atoms with Crippen LogP contribution in [-0.2, 0) is 13.2 Å². The molecule has 0 bridgehead atoms. The molecule has 0 fully saturated rings. The molecule has 4 heterocycles. The van der Waals surface area contributed by atoms with Crippen LogP contribution in [-0.4, -0.2) is 29.9 Å². The summed E-state index contributed by atoms with van der Waals surface area (Å²) in [5.41, 5.74) is 1.07. The summed E-state index contributed by atoms with van der Waals surface area (Å²) in [5.74, 6) is 0.553. The molecule has 0 atom stereocenters. The monoisotopic (exact) mass is 379 g/mol. The van der Waals surface area contributed by atoms with Crippen molar-refractivity contribution in [3.8, 4) is 6.01 Å². The lowest BCUT2D eigenvalue weighted by Crippen LogP contribution is -2.02. The number of imidazole rings is 1. The standard InChI is InChI=1S/C13H10ClN7OS2/c14-12-19-10(17-5-7-15-1-3-23-7)9-11(20-12)21-13(18-9)22-6-8-16-2-4-24-8/h1-4H,5-6H2,(H2,17,18,19,20,21). The van der Waals surface area contributed by atoms with Gasteiger partial charge in [-0.05, 0) is 11.6 Å². The number of hydrogen-bond acceptors (Lipinski definition) is 9. The van der Waals surface area contributed by atoms with Crippen LogP contribution in [0.4, 0.5) is 5.82 Å². The first-order valence-corrected chi connectivity index (χ1v) is 8.98. The average Bonchev–Trinajstić information content (AvgIpc) is 3.31. The van der Waals surface area contributed by atoms with Crippen LogP contribution in [0.1, 0.15) is 10.0 Å². The number of H-pyrrole nitrogens is 1. The lowest BCUT2D eigenvalue weighted by molar-refractivity contribution is 0.284. The van der Waals surface area contributed by atoms with Crippen molar-refractivity contribution in [1.29, 1.82) is 0 Å². The number of hydrogen-bond donors (Lipinski definition) is 2. The van der Waals surface area contributed by atoms with E-state index in [1.54, 1.807) is 23.7 Å². The fourth-order valence-electron chi connectivity index (χ4n) is 2.00. The quantitative estimate of drug-likeness (QED) is 0.496. The number of nitrogens with zero attached hydrogens (tertiary/aromatic N) is 5. The molecule has 0 unspecified atom stereocenters. The van der Waals surface area contributed by atoms with E-state index in [4.69, 9.17) is 16.3 Å². The van der Waals surface area contributed by atoms with Gasteiger partial charge in [0.25, 0.3) is 6.01 Å². The molecule has 4 aromatic rings. The smallest absolute Gasteiger partial charge is 0.296 e. The van der Waals surface area contributed by atoms with Crippen LogP contribution in [0.5, 0.6) is 6.01 Å². The van der Waals surface area contributed by atoms with Crippen molar-refractivity contribution in [3.05, 3.63) is 38.5 Å². The van der Waals surface area contributed by atoms with Crippen molar-refractivity contribution in [2.75, 3.05) is 5.32 Å². The van der Waals surface area contributed by atoms with E-state index in [-0.39, 0.29) is 5.28 Å². The van der Waals surface area contributed by atoms with Crippen LogP contribution in [0, 0.1) is 0 Å². The van der Waals surface area contributed by atoms with Crippen LogP contribution in [0.3, 0.4) is 0 Å². The molecule has 4 rings (SSSR count). The van der Waals surface area contributed by atoms with E-state index in [9.17, 15) is 0 Å². The number of aromatic amines is 1. The Morgan fingerprint density at radius 1 is 1.08 bits per heavy atom. The summed E-state index contributed by atoms with van der Waals surface area (Å²) in [6.07, 6.45) is 3.48. The molecule has 0 aliphatic rings. The molecular weight excluding hydrogens is 370 g/mol. The van der Waals surface area contributed by atoms with E-state index in [1.165, 1.54) is 11.3 Å². The number of rotatable bonds is 6. The van der Waals surface area contributed by atoms with Crippen molar-refractivity contribution >= 4 is 51.3 Å². The van der Waals surface area contributed by atoms with Gasteiger partial charge in [-0.25, -0.2) is 9.97 Å². The molecule has 2 N–H and O–H groups in total. The van der Waals surface area contributed by atoms with Gasteiger partial charge in [0, 0.05) is 23.2 Å². The van der Waals surface area contributed by atoms with Gasteiger partial charge in [0.05, 0.1) is 6.54 Å². The van der Waals surface area contributed by atoms with Crippen LogP contribution >= 0.6 is 34.3 Å². The molecule has 0 aliphatic heterocycles. The zero-order chi connectivity index (χ0) is 16.4. The highest BCUT2D eigenvalue weighted by Gasteiger charge is 2.13. The minimum absolute atomic E-state index is 0.113. The van der Waals surface area contributed by atoms with E-state index in [2.05, 4.69) is 35.2 Å². The number of aromatic nitrogens is 6. The molecule has 0 aliphatic carbocycles. The van der Waals surface area contributed by atoms with Crippen molar-refractivity contribution < 1.29 is 4.74 Å². The third-order valence-electron chi connectivity index (χ3n) is 3.01. The van der Waals surface area contributed by atoms with E-state index < -0.39 is 0 Å². The van der Waals surface area contributed by atoms with E-state index in [0.29, 0.717) is 36.1 Å². The Balaban J connectivity index is 1.56. The van der Waals surface area contributed by atoms with Crippen molar-refractivity contribution in [2.45, 2.75) is 13.2 Å². The van der Waals surface area contributed by atoms with Gasteiger partial charge in [-0.3, -0.25) is 0 Å². The molecule has 122 valence electrons. The Bertz CT molecular complexity index is 939. The van der Waals surface area contributed by atoms with Gasteiger partial charge in [0.15, 0.2) is 11.5 Å². The van der Waals surface area contributed by atoms with Crippen LogP contribution in [0.2, 0.25) is 5.28 Å². The van der Waals surface area contributed by atoms with Crippen molar-refractivity contribution in [1.82, 2.24) is 29.9 Å². The molecule has 4 aromatic heterocycles. The maximum atomic E-state index is 5.97. The van der Waals surface area contributed by atoms with Gasteiger partial charge < -0.3 is 15.0 Å². The summed E-state index contributed by atoms with van der Waals surface area (Å²) < 4.78 is 5.61. The zero-order valence-electron chi connectivity index (χ0n) is 12.1. The number of fused-ring (bicyclic) bond motifs is 1. The number of ether oxygens (including phenoxy) is 1. The summed E-state index contributed by atoms with van der Waals surface area (Å²) in [7, 11) is 0. The largest absolute Gasteiger partial charge is 0.457 e. The first kappa shape index (κ1) is 15.2. The fourth-order valence-corrected chi connectivity index (χ4v) is 3.25. The fraction of sp³-hybridized carbons (Fsp3) is 0.154. The molecule has 24 heavy (non-hydrogen) atoms. The number of thiazole rings is 2. The molecule has 0 spiro atoms. The average molecular weight is 380 g/mol. The van der Waals surface area contributed by atoms with E-state index >= 15 is 0 Å². The zero-order valence-corrected chi connectivity index (χ0v) is 14.5. The highest BCUT2D eigenvalue weighted by molar-refractivity contribution is 7.09. The predicted molar refractivity (Wildman–Crippen MR) is 92.6 cm³/mol. The number of anilines is 1. The van der Waals surface area contributed by atoms with Gasteiger partial charge in [0.2, 0.25) is 5.28 Å².